The minimum Gasteiger partial charge on any atom is -0.493 e. The molecule has 0 aliphatic carbocycles. The Labute approximate surface area is 129 Å². The average molecular weight is 346 g/mol. The fourth-order valence-electron chi connectivity index (χ4n) is 1.86. The Hall–Kier alpha value is -0.780. The maximum atomic E-state index is 9.26. The summed E-state index contributed by atoms with van der Waals surface area (Å²) in [6, 6.07) is 3.91. The van der Waals surface area contributed by atoms with Crippen molar-refractivity contribution >= 4 is 15.9 Å². The largest absolute Gasteiger partial charge is 0.493 e. The number of aliphatic hydroxyl groups is 1. The summed E-state index contributed by atoms with van der Waals surface area (Å²) in [5.74, 6) is 1.47. The van der Waals surface area contributed by atoms with Crippen molar-refractivity contribution in [3.8, 4) is 11.5 Å². The molecule has 0 radical (unpaired) electrons. The van der Waals surface area contributed by atoms with Crippen molar-refractivity contribution in [2.24, 2.45) is 0 Å². The van der Waals surface area contributed by atoms with E-state index in [-0.39, 0.29) is 18.8 Å². The average Bonchev–Trinajstić information content (AvgIpc) is 2.42. The van der Waals surface area contributed by atoms with Gasteiger partial charge in [-0.2, -0.15) is 0 Å². The van der Waals surface area contributed by atoms with Crippen LogP contribution in [0.4, 0.5) is 0 Å². The molecule has 1 rings (SSSR count). The Balaban J connectivity index is 3.02. The zero-order valence-corrected chi connectivity index (χ0v) is 14.2. The third-order valence-electron chi connectivity index (χ3n) is 3.02. The van der Waals surface area contributed by atoms with Gasteiger partial charge in [-0.25, -0.2) is 0 Å². The van der Waals surface area contributed by atoms with Crippen molar-refractivity contribution in [3.05, 3.63) is 22.2 Å². The first-order chi connectivity index (χ1) is 9.53. The van der Waals surface area contributed by atoms with E-state index in [0.29, 0.717) is 6.54 Å². The lowest BCUT2D eigenvalue weighted by Crippen LogP contribution is -2.31. The molecule has 0 heterocycles. The van der Waals surface area contributed by atoms with Gasteiger partial charge in [0.05, 0.1) is 19.8 Å². The van der Waals surface area contributed by atoms with E-state index in [9.17, 15) is 5.11 Å². The van der Waals surface area contributed by atoms with Gasteiger partial charge in [-0.1, -0.05) is 22.9 Å². The van der Waals surface area contributed by atoms with Crippen LogP contribution in [0.25, 0.3) is 0 Å². The summed E-state index contributed by atoms with van der Waals surface area (Å²) in [7, 11) is 1.64. The van der Waals surface area contributed by atoms with Crippen molar-refractivity contribution in [2.75, 3.05) is 13.7 Å². The highest BCUT2D eigenvalue weighted by Crippen LogP contribution is 2.37. The first kappa shape index (κ1) is 17.3. The van der Waals surface area contributed by atoms with E-state index in [1.54, 1.807) is 7.11 Å². The van der Waals surface area contributed by atoms with Gasteiger partial charge in [-0.3, -0.25) is 0 Å². The Morgan fingerprint density at radius 1 is 1.35 bits per heavy atom. The minimum atomic E-state index is 0.0664. The Kier molecular flexibility index (Phi) is 7.34. The first-order valence-corrected chi connectivity index (χ1v) is 7.69. The van der Waals surface area contributed by atoms with E-state index < -0.39 is 0 Å². The summed E-state index contributed by atoms with van der Waals surface area (Å²) in [4.78, 5) is 0. The number of hydrogen-bond donors (Lipinski definition) is 2. The fraction of sp³-hybridized carbons (Fsp3) is 0.600. The maximum Gasteiger partial charge on any atom is 0.167 e. The van der Waals surface area contributed by atoms with Crippen LogP contribution in [0.2, 0.25) is 0 Å². The molecule has 1 aromatic carbocycles. The van der Waals surface area contributed by atoms with Crippen LogP contribution in [0, 0.1) is 0 Å². The number of halogens is 1. The monoisotopic (exact) mass is 345 g/mol. The first-order valence-electron chi connectivity index (χ1n) is 6.89. The molecular weight excluding hydrogens is 322 g/mol. The van der Waals surface area contributed by atoms with Crippen molar-refractivity contribution in [2.45, 2.75) is 45.9 Å². The smallest absolute Gasteiger partial charge is 0.167 e. The predicted octanol–water partition coefficient (Wildman–Crippen LogP) is 3.11. The molecule has 1 atom stereocenters. The lowest BCUT2D eigenvalue weighted by molar-refractivity contribution is 0.222. The molecule has 0 aliphatic heterocycles. The van der Waals surface area contributed by atoms with E-state index in [4.69, 9.17) is 9.47 Å². The fourth-order valence-corrected chi connectivity index (χ4v) is 2.31. The second-order valence-electron chi connectivity index (χ2n) is 4.89. The number of nitrogens with one attached hydrogen (secondary N) is 1. The minimum absolute atomic E-state index is 0.0664. The van der Waals surface area contributed by atoms with E-state index >= 15 is 0 Å². The van der Waals surface area contributed by atoms with Crippen LogP contribution in [0.3, 0.4) is 0 Å². The molecule has 0 amide bonds. The number of rotatable bonds is 8. The summed E-state index contributed by atoms with van der Waals surface area (Å²) < 4.78 is 12.2. The van der Waals surface area contributed by atoms with E-state index in [1.165, 1.54) is 0 Å². The van der Waals surface area contributed by atoms with Crippen LogP contribution in [-0.2, 0) is 6.54 Å². The van der Waals surface area contributed by atoms with Crippen LogP contribution in [0.1, 0.15) is 32.8 Å². The molecule has 20 heavy (non-hydrogen) atoms. The van der Waals surface area contributed by atoms with E-state index in [2.05, 4.69) is 21.2 Å². The molecule has 1 unspecified atom stereocenters. The summed E-state index contributed by atoms with van der Waals surface area (Å²) >= 11 is 3.56. The van der Waals surface area contributed by atoms with Gasteiger partial charge in [0.1, 0.15) is 0 Å². The molecule has 0 saturated carbocycles. The second-order valence-corrected chi connectivity index (χ2v) is 5.75. The van der Waals surface area contributed by atoms with Crippen LogP contribution in [0.15, 0.2) is 16.6 Å². The number of benzene rings is 1. The van der Waals surface area contributed by atoms with Gasteiger partial charge >= 0.3 is 0 Å². The van der Waals surface area contributed by atoms with Crippen LogP contribution in [-0.4, -0.2) is 31.0 Å². The van der Waals surface area contributed by atoms with Crippen molar-refractivity contribution in [1.29, 1.82) is 0 Å². The number of hydrogen-bond acceptors (Lipinski definition) is 4. The van der Waals surface area contributed by atoms with E-state index in [1.807, 2.05) is 32.9 Å². The standard InChI is InChI=1S/C15H24BrNO3/c1-5-11(9-18)17-8-12-13(16)6-7-14(19-4)15(12)20-10(2)3/h6-7,10-11,17-18H,5,8-9H2,1-4H3. The van der Waals surface area contributed by atoms with Crippen molar-refractivity contribution < 1.29 is 14.6 Å². The number of aliphatic hydroxyl groups excluding tert-OH is 1. The Morgan fingerprint density at radius 2 is 2.05 bits per heavy atom. The molecule has 2 N–H and O–H groups in total. The normalized spacial score (nSPS) is 12.6. The van der Waals surface area contributed by atoms with Gasteiger partial charge in [-0.15, -0.1) is 0 Å². The molecule has 114 valence electrons. The van der Waals surface area contributed by atoms with Gasteiger partial charge in [0.25, 0.3) is 0 Å². The molecule has 0 saturated heterocycles. The van der Waals surface area contributed by atoms with Gasteiger partial charge < -0.3 is 19.9 Å². The van der Waals surface area contributed by atoms with Crippen molar-refractivity contribution in [3.63, 3.8) is 0 Å². The Morgan fingerprint density at radius 3 is 2.55 bits per heavy atom. The molecule has 0 aliphatic rings. The molecule has 0 bridgehead atoms. The van der Waals surface area contributed by atoms with Crippen LogP contribution >= 0.6 is 15.9 Å². The molecule has 1 aromatic rings. The van der Waals surface area contributed by atoms with Gasteiger partial charge in [-0.05, 0) is 32.4 Å². The lowest BCUT2D eigenvalue weighted by atomic mass is 10.1. The van der Waals surface area contributed by atoms with E-state index in [0.717, 1.165) is 28.0 Å². The quantitative estimate of drug-likeness (QED) is 0.760. The molecule has 0 spiro atoms. The second kappa shape index (κ2) is 8.49. The molecule has 0 aromatic heterocycles. The SMILES string of the molecule is CCC(CO)NCc1c(Br)ccc(OC)c1OC(C)C. The zero-order chi connectivity index (χ0) is 15.1. The Bertz CT molecular complexity index is 420. The third-order valence-corrected chi connectivity index (χ3v) is 3.76. The molecule has 0 fully saturated rings. The highest BCUT2D eigenvalue weighted by Gasteiger charge is 2.16. The van der Waals surface area contributed by atoms with Crippen LogP contribution < -0.4 is 14.8 Å². The summed E-state index contributed by atoms with van der Waals surface area (Å²) in [6.07, 6.45) is 0.940. The molecule has 5 heteroatoms. The highest BCUT2D eigenvalue weighted by molar-refractivity contribution is 9.10. The predicted molar refractivity (Wildman–Crippen MR) is 84.5 cm³/mol. The summed E-state index contributed by atoms with van der Waals surface area (Å²) in [6.45, 7) is 6.75. The molecule has 4 nitrogen and oxygen atoms in total. The third kappa shape index (κ3) is 4.65. The highest BCUT2D eigenvalue weighted by atomic mass is 79.9. The topological polar surface area (TPSA) is 50.7 Å². The molecular formula is C15H24BrNO3. The van der Waals surface area contributed by atoms with Crippen LogP contribution in [0.5, 0.6) is 11.5 Å². The summed E-state index contributed by atoms with van der Waals surface area (Å²) in [5.41, 5.74) is 1.00. The number of ether oxygens (including phenoxy) is 2. The van der Waals surface area contributed by atoms with Gasteiger partial charge in [0.2, 0.25) is 0 Å². The van der Waals surface area contributed by atoms with Crippen molar-refractivity contribution in [1.82, 2.24) is 5.32 Å². The van der Waals surface area contributed by atoms with Gasteiger partial charge in [0.15, 0.2) is 11.5 Å². The lowest BCUT2D eigenvalue weighted by Gasteiger charge is -2.21. The number of methoxy groups -OCH3 is 1. The van der Waals surface area contributed by atoms with Gasteiger partial charge in [0, 0.05) is 22.6 Å². The zero-order valence-electron chi connectivity index (χ0n) is 12.6. The maximum absolute atomic E-state index is 9.26. The summed E-state index contributed by atoms with van der Waals surface area (Å²) in [5, 5.41) is 12.6.